The van der Waals surface area contributed by atoms with E-state index in [2.05, 4.69) is 10.0 Å². The lowest BCUT2D eigenvalue weighted by Gasteiger charge is -1.97. The number of rotatable bonds is 3. The summed E-state index contributed by atoms with van der Waals surface area (Å²) in [6, 6.07) is 7.54. The topological polar surface area (TPSA) is 74.8 Å². The minimum atomic E-state index is 0.500. The van der Waals surface area contributed by atoms with Gasteiger partial charge in [0, 0.05) is 17.1 Å². The van der Waals surface area contributed by atoms with Crippen molar-refractivity contribution in [3.8, 4) is 0 Å². The van der Waals surface area contributed by atoms with E-state index in [1.54, 1.807) is 0 Å². The van der Waals surface area contributed by atoms with Gasteiger partial charge in [0.25, 0.3) is 0 Å². The summed E-state index contributed by atoms with van der Waals surface area (Å²) >= 11 is 0. The number of anilines is 1. The average Bonchev–Trinajstić information content (AvgIpc) is 2.09. The van der Waals surface area contributed by atoms with Gasteiger partial charge in [0.2, 0.25) is 0 Å². The first-order valence-electron chi connectivity index (χ1n) is 3.68. The molecule has 0 radical (unpaired) electrons. The predicted molar refractivity (Wildman–Crippen MR) is 48.6 cm³/mol. The minimum absolute atomic E-state index is 0.500. The number of azide groups is 1. The third kappa shape index (κ3) is 2.52. The molecular weight excluding hydrogens is 152 g/mol. The van der Waals surface area contributed by atoms with Gasteiger partial charge in [-0.1, -0.05) is 17.2 Å². The number of nitrogens with two attached hydrogens (primary N) is 1. The molecule has 0 saturated heterocycles. The van der Waals surface area contributed by atoms with Gasteiger partial charge in [0.1, 0.15) is 0 Å². The molecule has 1 aromatic carbocycles. The van der Waals surface area contributed by atoms with Gasteiger partial charge in [0.15, 0.2) is 0 Å². The fourth-order valence-corrected chi connectivity index (χ4v) is 0.908. The van der Waals surface area contributed by atoms with E-state index in [9.17, 15) is 0 Å². The quantitative estimate of drug-likeness (QED) is 0.314. The summed E-state index contributed by atoms with van der Waals surface area (Å²) < 4.78 is 0. The first kappa shape index (κ1) is 8.43. The molecule has 0 aliphatic carbocycles. The maximum atomic E-state index is 8.03. The van der Waals surface area contributed by atoms with Crippen LogP contribution in [0, 0.1) is 0 Å². The lowest BCUT2D eigenvalue weighted by molar-refractivity contribution is 0.956. The zero-order valence-corrected chi connectivity index (χ0v) is 6.64. The zero-order chi connectivity index (χ0) is 8.81. The maximum Gasteiger partial charge on any atom is 0.0314 e. The van der Waals surface area contributed by atoms with Crippen molar-refractivity contribution < 1.29 is 0 Å². The number of hydrogen-bond donors (Lipinski definition) is 1. The van der Waals surface area contributed by atoms with Gasteiger partial charge in [-0.3, -0.25) is 0 Å². The van der Waals surface area contributed by atoms with Crippen molar-refractivity contribution in [2.45, 2.75) is 6.42 Å². The van der Waals surface area contributed by atoms with Crippen molar-refractivity contribution in [3.05, 3.63) is 40.3 Å². The molecule has 62 valence electrons. The summed E-state index contributed by atoms with van der Waals surface area (Å²) in [6.07, 6.45) is 0.768. The van der Waals surface area contributed by atoms with Crippen molar-refractivity contribution in [2.24, 2.45) is 5.11 Å². The SMILES string of the molecule is [N-]=[N+]=NCCc1ccc(N)cc1. The van der Waals surface area contributed by atoms with Gasteiger partial charge < -0.3 is 5.73 Å². The molecule has 0 fully saturated rings. The van der Waals surface area contributed by atoms with Crippen LogP contribution in [0.3, 0.4) is 0 Å². The standard InChI is InChI=1S/C8H10N4/c9-8-3-1-7(2-4-8)5-6-11-12-10/h1-4H,5-6,9H2. The van der Waals surface area contributed by atoms with E-state index in [0.29, 0.717) is 6.54 Å². The number of hydrogen-bond acceptors (Lipinski definition) is 2. The molecule has 1 rings (SSSR count). The molecule has 4 nitrogen and oxygen atoms in total. The second-order valence-corrected chi connectivity index (χ2v) is 2.45. The van der Waals surface area contributed by atoms with Crippen molar-refractivity contribution in [3.63, 3.8) is 0 Å². The fraction of sp³-hybridized carbons (Fsp3) is 0.250. The van der Waals surface area contributed by atoms with E-state index in [1.807, 2.05) is 24.3 Å². The normalized spacial score (nSPS) is 9.00. The van der Waals surface area contributed by atoms with Crippen LogP contribution in [0.4, 0.5) is 5.69 Å². The Hall–Kier alpha value is -1.67. The van der Waals surface area contributed by atoms with Crippen LogP contribution >= 0.6 is 0 Å². The highest BCUT2D eigenvalue weighted by Crippen LogP contribution is 2.05. The van der Waals surface area contributed by atoms with Crippen LogP contribution in [-0.2, 0) is 6.42 Å². The van der Waals surface area contributed by atoms with Gasteiger partial charge in [0.05, 0.1) is 0 Å². The third-order valence-electron chi connectivity index (χ3n) is 1.54. The molecule has 0 spiro atoms. The Morgan fingerprint density at radius 1 is 1.33 bits per heavy atom. The molecule has 2 N–H and O–H groups in total. The molecule has 0 aromatic heterocycles. The Morgan fingerprint density at radius 3 is 2.58 bits per heavy atom. The van der Waals surface area contributed by atoms with Crippen LogP contribution in [-0.4, -0.2) is 6.54 Å². The highest BCUT2D eigenvalue weighted by Gasteiger charge is 1.90. The molecule has 0 amide bonds. The van der Waals surface area contributed by atoms with E-state index in [-0.39, 0.29) is 0 Å². The summed E-state index contributed by atoms with van der Waals surface area (Å²) in [4.78, 5) is 2.67. The Balaban J connectivity index is 2.53. The summed E-state index contributed by atoms with van der Waals surface area (Å²) in [7, 11) is 0. The molecule has 0 bridgehead atoms. The molecular formula is C8H10N4. The monoisotopic (exact) mass is 162 g/mol. The Kier molecular flexibility index (Phi) is 2.99. The largest absolute Gasteiger partial charge is 0.399 e. The molecule has 12 heavy (non-hydrogen) atoms. The van der Waals surface area contributed by atoms with Crippen molar-refractivity contribution in [1.82, 2.24) is 0 Å². The van der Waals surface area contributed by atoms with Crippen molar-refractivity contribution >= 4 is 5.69 Å². The van der Waals surface area contributed by atoms with Crippen LogP contribution in [0.2, 0.25) is 0 Å². The van der Waals surface area contributed by atoms with Crippen LogP contribution in [0.15, 0.2) is 29.4 Å². The Bertz CT molecular complexity index is 284. The minimum Gasteiger partial charge on any atom is -0.399 e. The third-order valence-corrected chi connectivity index (χ3v) is 1.54. The summed E-state index contributed by atoms with van der Waals surface area (Å²) in [6.45, 7) is 0.500. The smallest absolute Gasteiger partial charge is 0.0314 e. The Morgan fingerprint density at radius 2 is 2.00 bits per heavy atom. The number of benzene rings is 1. The molecule has 0 atom stereocenters. The molecule has 0 heterocycles. The number of nitrogen functional groups attached to an aromatic ring is 1. The van der Waals surface area contributed by atoms with Gasteiger partial charge in [-0.25, -0.2) is 0 Å². The maximum absolute atomic E-state index is 8.03. The molecule has 0 aliphatic rings. The fourth-order valence-electron chi connectivity index (χ4n) is 0.908. The van der Waals surface area contributed by atoms with Gasteiger partial charge in [-0.15, -0.1) is 0 Å². The summed E-state index contributed by atoms with van der Waals surface area (Å²) in [5.74, 6) is 0. The molecule has 4 heteroatoms. The van der Waals surface area contributed by atoms with E-state index < -0.39 is 0 Å². The van der Waals surface area contributed by atoms with Crippen molar-refractivity contribution in [1.29, 1.82) is 0 Å². The zero-order valence-electron chi connectivity index (χ0n) is 6.64. The Labute approximate surface area is 70.6 Å². The molecule has 0 aliphatic heterocycles. The van der Waals surface area contributed by atoms with Gasteiger partial charge in [-0.2, -0.15) is 0 Å². The second kappa shape index (κ2) is 4.26. The van der Waals surface area contributed by atoms with Gasteiger partial charge in [-0.05, 0) is 29.6 Å². The van der Waals surface area contributed by atoms with Crippen LogP contribution in [0.25, 0.3) is 10.4 Å². The predicted octanol–water partition coefficient (Wildman–Crippen LogP) is 2.12. The van der Waals surface area contributed by atoms with E-state index in [4.69, 9.17) is 11.3 Å². The van der Waals surface area contributed by atoms with E-state index in [0.717, 1.165) is 17.7 Å². The van der Waals surface area contributed by atoms with Crippen LogP contribution in [0.1, 0.15) is 5.56 Å². The molecule has 0 unspecified atom stereocenters. The lowest BCUT2D eigenvalue weighted by Crippen LogP contribution is -1.89. The van der Waals surface area contributed by atoms with E-state index in [1.165, 1.54) is 0 Å². The second-order valence-electron chi connectivity index (χ2n) is 2.45. The summed E-state index contributed by atoms with van der Waals surface area (Å²) in [5, 5.41) is 3.44. The average molecular weight is 162 g/mol. The number of nitrogens with zero attached hydrogens (tertiary/aromatic N) is 3. The van der Waals surface area contributed by atoms with Gasteiger partial charge >= 0.3 is 0 Å². The first-order valence-corrected chi connectivity index (χ1v) is 3.68. The highest BCUT2D eigenvalue weighted by molar-refractivity contribution is 5.39. The molecule has 1 aromatic rings. The van der Waals surface area contributed by atoms with Crippen molar-refractivity contribution in [2.75, 3.05) is 12.3 Å². The first-order chi connectivity index (χ1) is 5.83. The lowest BCUT2D eigenvalue weighted by atomic mass is 10.1. The van der Waals surface area contributed by atoms with Crippen LogP contribution < -0.4 is 5.73 Å². The summed E-state index contributed by atoms with van der Waals surface area (Å²) in [5.41, 5.74) is 15.4. The molecule has 0 saturated carbocycles. The highest BCUT2D eigenvalue weighted by atomic mass is 15.1. The van der Waals surface area contributed by atoms with E-state index >= 15 is 0 Å². The van der Waals surface area contributed by atoms with Crippen LogP contribution in [0.5, 0.6) is 0 Å².